The zero-order chi connectivity index (χ0) is 21.9. The number of anilines is 1. The zero-order valence-electron chi connectivity index (χ0n) is 18.5. The van der Waals surface area contributed by atoms with Gasteiger partial charge < -0.3 is 20.4 Å². The van der Waals surface area contributed by atoms with Crippen LogP contribution in [0.5, 0.6) is 0 Å². The summed E-state index contributed by atoms with van der Waals surface area (Å²) >= 11 is 0. The van der Waals surface area contributed by atoms with Gasteiger partial charge in [0.15, 0.2) is 5.96 Å². The summed E-state index contributed by atoms with van der Waals surface area (Å²) in [7, 11) is 0. The average Bonchev–Trinajstić information content (AvgIpc) is 3.31. The summed E-state index contributed by atoms with van der Waals surface area (Å²) in [6.45, 7) is 7.72. The first-order chi connectivity index (χ1) is 15.2. The highest BCUT2D eigenvalue weighted by molar-refractivity contribution is 14.0. The number of aromatic nitrogens is 2. The topological polar surface area (TPSA) is 77.8 Å². The third kappa shape index (κ3) is 8.29. The molecular weight excluding hydrogens is 524 g/mol. The molecule has 1 amide bonds. The van der Waals surface area contributed by atoms with Crippen LogP contribution in [-0.4, -0.2) is 72.4 Å². The van der Waals surface area contributed by atoms with E-state index in [0.29, 0.717) is 32.6 Å². The zero-order valence-corrected chi connectivity index (χ0v) is 20.9. The van der Waals surface area contributed by atoms with Crippen molar-refractivity contribution in [3.05, 3.63) is 48.5 Å². The van der Waals surface area contributed by atoms with Crippen LogP contribution >= 0.6 is 24.0 Å². The number of carbonyl (C=O) groups excluding carboxylic acids is 1. The predicted molar refractivity (Wildman–Crippen MR) is 136 cm³/mol. The number of amides is 1. The molecule has 0 aliphatic carbocycles. The molecule has 1 aliphatic heterocycles. The van der Waals surface area contributed by atoms with E-state index < -0.39 is 0 Å². The van der Waals surface area contributed by atoms with Crippen LogP contribution in [0.3, 0.4) is 0 Å². The lowest BCUT2D eigenvalue weighted by atomic mass is 10.2. The van der Waals surface area contributed by atoms with Gasteiger partial charge in [-0.15, -0.1) is 24.0 Å². The molecule has 1 saturated heterocycles. The Labute approximate surface area is 206 Å². The van der Waals surface area contributed by atoms with Crippen molar-refractivity contribution in [3.8, 4) is 0 Å². The van der Waals surface area contributed by atoms with E-state index in [1.165, 1.54) is 12.1 Å². The monoisotopic (exact) mass is 557 g/mol. The van der Waals surface area contributed by atoms with Gasteiger partial charge in [0.25, 0.3) is 0 Å². The maximum Gasteiger partial charge on any atom is 0.224 e. The Kier molecular flexibility index (Phi) is 11.3. The number of guanidine groups is 1. The van der Waals surface area contributed by atoms with E-state index in [2.05, 4.69) is 25.6 Å². The van der Waals surface area contributed by atoms with Crippen molar-refractivity contribution >= 4 is 41.5 Å². The Balaban J connectivity index is 0.00000363. The Morgan fingerprint density at radius 2 is 1.91 bits per heavy atom. The molecule has 1 aromatic heterocycles. The third-order valence-electron chi connectivity index (χ3n) is 5.17. The fourth-order valence-electron chi connectivity index (χ4n) is 3.51. The van der Waals surface area contributed by atoms with Crippen LogP contribution in [0.2, 0.25) is 0 Å². The molecule has 2 aromatic rings. The molecule has 10 heteroatoms. The molecule has 0 saturated carbocycles. The van der Waals surface area contributed by atoms with Gasteiger partial charge in [-0.2, -0.15) is 5.10 Å². The van der Waals surface area contributed by atoms with Crippen LogP contribution in [-0.2, 0) is 11.3 Å². The smallest absolute Gasteiger partial charge is 0.224 e. The molecule has 2 N–H and O–H groups in total. The number of halogens is 2. The van der Waals surface area contributed by atoms with Crippen molar-refractivity contribution in [2.75, 3.05) is 50.7 Å². The second-order valence-corrected chi connectivity index (χ2v) is 7.40. The van der Waals surface area contributed by atoms with Crippen LogP contribution < -0.4 is 15.5 Å². The molecule has 0 radical (unpaired) electrons. The van der Waals surface area contributed by atoms with Crippen molar-refractivity contribution in [1.82, 2.24) is 25.3 Å². The van der Waals surface area contributed by atoms with Gasteiger partial charge in [-0.05, 0) is 43.7 Å². The lowest BCUT2D eigenvalue weighted by Gasteiger charge is -2.36. The average molecular weight is 557 g/mol. The predicted octanol–water partition coefficient (Wildman–Crippen LogP) is 2.32. The summed E-state index contributed by atoms with van der Waals surface area (Å²) in [4.78, 5) is 21.2. The van der Waals surface area contributed by atoms with Gasteiger partial charge >= 0.3 is 0 Å². The molecule has 8 nitrogen and oxygen atoms in total. The standard InChI is InChI=1S/C22H32FN7O.HI/c1-2-24-22(25-10-3-13-30-14-4-11-27-30)26-12-9-21(31)29-17-15-28(16-18-29)20-7-5-19(23)6-8-20;/h4-8,11,14H,2-3,9-10,12-13,15-18H2,1H3,(H2,24,25,26);1H. The number of hydrogen-bond acceptors (Lipinski definition) is 4. The number of piperazine rings is 1. The fourth-order valence-corrected chi connectivity index (χ4v) is 3.51. The molecule has 0 atom stereocenters. The number of hydrogen-bond donors (Lipinski definition) is 2. The van der Waals surface area contributed by atoms with Crippen molar-refractivity contribution in [3.63, 3.8) is 0 Å². The SMILES string of the molecule is CCNC(=NCCCn1cccn1)NCCC(=O)N1CCN(c2ccc(F)cc2)CC1.I. The minimum Gasteiger partial charge on any atom is -0.368 e. The molecule has 0 spiro atoms. The molecule has 1 fully saturated rings. The van der Waals surface area contributed by atoms with E-state index >= 15 is 0 Å². The fraction of sp³-hybridized carbons (Fsp3) is 0.500. The minimum atomic E-state index is -0.233. The lowest BCUT2D eigenvalue weighted by Crippen LogP contribution is -2.49. The van der Waals surface area contributed by atoms with Crippen molar-refractivity contribution < 1.29 is 9.18 Å². The first kappa shape index (κ1) is 25.9. The molecule has 1 aromatic carbocycles. The molecule has 176 valence electrons. The van der Waals surface area contributed by atoms with Gasteiger partial charge in [-0.3, -0.25) is 14.5 Å². The van der Waals surface area contributed by atoms with Crippen molar-refractivity contribution in [2.24, 2.45) is 4.99 Å². The molecule has 32 heavy (non-hydrogen) atoms. The maximum atomic E-state index is 13.1. The van der Waals surface area contributed by atoms with Gasteiger partial charge in [-0.1, -0.05) is 0 Å². The van der Waals surface area contributed by atoms with Gasteiger partial charge in [0.1, 0.15) is 5.82 Å². The Bertz CT molecular complexity index is 821. The second-order valence-electron chi connectivity index (χ2n) is 7.40. The van der Waals surface area contributed by atoms with Crippen LogP contribution in [0.15, 0.2) is 47.7 Å². The van der Waals surface area contributed by atoms with Gasteiger partial charge in [0.2, 0.25) is 5.91 Å². The summed E-state index contributed by atoms with van der Waals surface area (Å²) in [5.74, 6) is 0.640. The molecule has 2 heterocycles. The van der Waals surface area contributed by atoms with E-state index in [1.54, 1.807) is 18.3 Å². The molecule has 3 rings (SSSR count). The molecule has 1 aliphatic rings. The summed E-state index contributed by atoms with van der Waals surface area (Å²) in [6.07, 6.45) is 5.04. The Morgan fingerprint density at radius 3 is 2.56 bits per heavy atom. The summed E-state index contributed by atoms with van der Waals surface area (Å²) in [5.41, 5.74) is 0.995. The molecule has 0 bridgehead atoms. The maximum absolute atomic E-state index is 13.1. The quantitative estimate of drug-likeness (QED) is 0.214. The summed E-state index contributed by atoms with van der Waals surface area (Å²) < 4.78 is 15.0. The van der Waals surface area contributed by atoms with Gasteiger partial charge in [0, 0.05) is 76.9 Å². The second kappa shape index (κ2) is 13.9. The normalized spacial score (nSPS) is 14.1. The summed E-state index contributed by atoms with van der Waals surface area (Å²) in [6, 6.07) is 8.42. The number of benzene rings is 1. The van der Waals surface area contributed by atoms with Crippen LogP contribution in [0.25, 0.3) is 0 Å². The van der Waals surface area contributed by atoms with Crippen LogP contribution in [0.4, 0.5) is 10.1 Å². The number of nitrogens with one attached hydrogen (secondary N) is 2. The van der Waals surface area contributed by atoms with E-state index in [1.807, 2.05) is 28.8 Å². The van der Waals surface area contributed by atoms with E-state index in [9.17, 15) is 9.18 Å². The van der Waals surface area contributed by atoms with E-state index in [0.717, 1.165) is 44.2 Å². The highest BCUT2D eigenvalue weighted by Crippen LogP contribution is 2.17. The number of nitrogens with zero attached hydrogens (tertiary/aromatic N) is 5. The van der Waals surface area contributed by atoms with Crippen molar-refractivity contribution in [2.45, 2.75) is 26.3 Å². The van der Waals surface area contributed by atoms with Crippen molar-refractivity contribution in [1.29, 1.82) is 0 Å². The van der Waals surface area contributed by atoms with Crippen LogP contribution in [0, 0.1) is 5.82 Å². The lowest BCUT2D eigenvalue weighted by molar-refractivity contribution is -0.131. The van der Waals surface area contributed by atoms with E-state index in [4.69, 9.17) is 0 Å². The first-order valence-electron chi connectivity index (χ1n) is 10.9. The Morgan fingerprint density at radius 1 is 1.16 bits per heavy atom. The van der Waals surface area contributed by atoms with E-state index in [-0.39, 0.29) is 35.7 Å². The number of aliphatic imine (C=N–C) groups is 1. The number of carbonyl (C=O) groups is 1. The number of aryl methyl sites for hydroxylation is 1. The highest BCUT2D eigenvalue weighted by Gasteiger charge is 2.21. The first-order valence-corrected chi connectivity index (χ1v) is 10.9. The summed E-state index contributed by atoms with van der Waals surface area (Å²) in [5, 5.41) is 10.6. The van der Waals surface area contributed by atoms with Gasteiger partial charge in [0.05, 0.1) is 0 Å². The van der Waals surface area contributed by atoms with Gasteiger partial charge in [-0.25, -0.2) is 4.39 Å². The Hall–Kier alpha value is -2.37. The molecular formula is C22H33FIN7O. The third-order valence-corrected chi connectivity index (χ3v) is 5.17. The highest BCUT2D eigenvalue weighted by atomic mass is 127. The largest absolute Gasteiger partial charge is 0.368 e. The van der Waals surface area contributed by atoms with Crippen LogP contribution in [0.1, 0.15) is 19.8 Å². The number of rotatable bonds is 9. The molecule has 0 unspecified atom stereocenters. The minimum absolute atomic E-state index is 0.